The molecule has 0 saturated heterocycles. The Morgan fingerprint density at radius 2 is 2.44 bits per heavy atom. The standard InChI is InChI=1S/C5H12N4/c1-2-3-5(4-6)8-9-7/h5H,2-4,6H2,1H3. The molecule has 0 radical (unpaired) electrons. The van der Waals surface area contributed by atoms with Crippen LogP contribution in [0.15, 0.2) is 5.11 Å². The fraction of sp³-hybridized carbons (Fsp3) is 1.00. The summed E-state index contributed by atoms with van der Waals surface area (Å²) in [7, 11) is 0. The molecule has 9 heavy (non-hydrogen) atoms. The number of hydrogen-bond acceptors (Lipinski definition) is 2. The number of azide groups is 1. The summed E-state index contributed by atoms with van der Waals surface area (Å²) >= 11 is 0. The summed E-state index contributed by atoms with van der Waals surface area (Å²) in [5, 5.41) is 3.49. The van der Waals surface area contributed by atoms with Gasteiger partial charge in [-0.05, 0) is 12.0 Å². The van der Waals surface area contributed by atoms with Crippen LogP contribution in [0.5, 0.6) is 0 Å². The Hall–Kier alpha value is -0.730. The Bertz CT molecular complexity index is 106. The molecule has 0 aromatic rings. The molecule has 0 aromatic carbocycles. The van der Waals surface area contributed by atoms with Gasteiger partial charge in [-0.3, -0.25) is 0 Å². The molecule has 0 heterocycles. The lowest BCUT2D eigenvalue weighted by Crippen LogP contribution is -2.16. The lowest BCUT2D eigenvalue weighted by Gasteiger charge is -2.02. The summed E-state index contributed by atoms with van der Waals surface area (Å²) in [5.41, 5.74) is 13.3. The van der Waals surface area contributed by atoms with E-state index >= 15 is 0 Å². The summed E-state index contributed by atoms with van der Waals surface area (Å²) in [5.74, 6) is 0. The minimum atomic E-state index is -0.000000000000000222. The molecule has 0 bridgehead atoms. The molecule has 0 spiro atoms. The Labute approximate surface area is 54.7 Å². The SMILES string of the molecule is CCCC(CN)N=[N+]=[N-]. The van der Waals surface area contributed by atoms with E-state index in [-0.39, 0.29) is 6.04 Å². The van der Waals surface area contributed by atoms with Crippen LogP contribution in [0, 0.1) is 0 Å². The van der Waals surface area contributed by atoms with Gasteiger partial charge in [0.1, 0.15) is 0 Å². The minimum Gasteiger partial charge on any atom is -0.330 e. The van der Waals surface area contributed by atoms with Gasteiger partial charge in [0.15, 0.2) is 0 Å². The highest BCUT2D eigenvalue weighted by molar-refractivity contribution is 4.65. The number of rotatable bonds is 4. The fourth-order valence-corrected chi connectivity index (χ4v) is 0.629. The van der Waals surface area contributed by atoms with E-state index in [1.54, 1.807) is 0 Å². The van der Waals surface area contributed by atoms with Crippen LogP contribution < -0.4 is 5.73 Å². The lowest BCUT2D eigenvalue weighted by atomic mass is 10.2. The fourth-order valence-electron chi connectivity index (χ4n) is 0.629. The first-order valence-electron chi connectivity index (χ1n) is 3.09. The van der Waals surface area contributed by atoms with E-state index in [0.717, 1.165) is 12.8 Å². The molecule has 52 valence electrons. The Kier molecular flexibility index (Phi) is 4.97. The molecule has 0 aliphatic carbocycles. The normalized spacial score (nSPS) is 12.2. The van der Waals surface area contributed by atoms with Crippen molar-refractivity contribution in [2.45, 2.75) is 25.8 Å². The van der Waals surface area contributed by atoms with E-state index in [1.807, 2.05) is 6.92 Å². The minimum absolute atomic E-state index is 0.000000000000000222. The zero-order valence-electron chi connectivity index (χ0n) is 5.62. The van der Waals surface area contributed by atoms with Crippen LogP contribution in [0.25, 0.3) is 10.4 Å². The number of hydrogen-bond donors (Lipinski definition) is 1. The van der Waals surface area contributed by atoms with Gasteiger partial charge in [0.2, 0.25) is 0 Å². The smallest absolute Gasteiger partial charge is 0.0496 e. The van der Waals surface area contributed by atoms with Crippen molar-refractivity contribution >= 4 is 0 Å². The van der Waals surface area contributed by atoms with Crippen LogP contribution in [-0.2, 0) is 0 Å². The highest BCUT2D eigenvalue weighted by atomic mass is 15.1. The molecule has 1 unspecified atom stereocenters. The second kappa shape index (κ2) is 5.41. The van der Waals surface area contributed by atoms with E-state index in [9.17, 15) is 0 Å². The van der Waals surface area contributed by atoms with Crippen molar-refractivity contribution in [3.63, 3.8) is 0 Å². The molecule has 0 fully saturated rings. The molecule has 4 heteroatoms. The van der Waals surface area contributed by atoms with Crippen LogP contribution in [0.3, 0.4) is 0 Å². The van der Waals surface area contributed by atoms with Crippen molar-refractivity contribution in [3.05, 3.63) is 10.4 Å². The van der Waals surface area contributed by atoms with Crippen LogP contribution in [-0.4, -0.2) is 12.6 Å². The maximum atomic E-state index is 8.00. The molecule has 0 aliphatic heterocycles. The topological polar surface area (TPSA) is 74.8 Å². The summed E-state index contributed by atoms with van der Waals surface area (Å²) in [6, 6.07) is -0.000000000000000222. The van der Waals surface area contributed by atoms with Gasteiger partial charge in [-0.2, -0.15) is 0 Å². The van der Waals surface area contributed by atoms with Crippen LogP contribution >= 0.6 is 0 Å². The highest BCUT2D eigenvalue weighted by Gasteiger charge is 1.99. The van der Waals surface area contributed by atoms with Gasteiger partial charge in [-0.1, -0.05) is 18.5 Å². The van der Waals surface area contributed by atoms with Crippen molar-refractivity contribution in [2.75, 3.05) is 6.54 Å². The van der Waals surface area contributed by atoms with E-state index < -0.39 is 0 Å². The molecule has 4 nitrogen and oxygen atoms in total. The largest absolute Gasteiger partial charge is 0.330 e. The average Bonchev–Trinajstić information content (AvgIpc) is 1.88. The third-order valence-corrected chi connectivity index (χ3v) is 1.11. The highest BCUT2D eigenvalue weighted by Crippen LogP contribution is 1.98. The monoisotopic (exact) mass is 128 g/mol. The average molecular weight is 128 g/mol. The summed E-state index contributed by atoms with van der Waals surface area (Å²) in [4.78, 5) is 2.67. The zero-order valence-corrected chi connectivity index (χ0v) is 5.62. The van der Waals surface area contributed by atoms with Crippen LogP contribution in [0.1, 0.15) is 19.8 Å². The summed E-state index contributed by atoms with van der Waals surface area (Å²) in [6.45, 7) is 2.49. The van der Waals surface area contributed by atoms with Gasteiger partial charge in [-0.15, -0.1) is 0 Å². The first-order chi connectivity index (χ1) is 4.35. The summed E-state index contributed by atoms with van der Waals surface area (Å²) < 4.78 is 0. The lowest BCUT2D eigenvalue weighted by molar-refractivity contribution is 0.609. The van der Waals surface area contributed by atoms with Crippen molar-refractivity contribution in [2.24, 2.45) is 10.8 Å². The molecule has 0 saturated carbocycles. The quantitative estimate of drug-likeness (QED) is 0.347. The second-order valence-electron chi connectivity index (χ2n) is 1.88. The number of nitrogens with zero attached hydrogens (tertiary/aromatic N) is 3. The molecule has 1 atom stereocenters. The first kappa shape index (κ1) is 8.27. The van der Waals surface area contributed by atoms with Crippen molar-refractivity contribution in [3.8, 4) is 0 Å². The molecular formula is C5H12N4. The van der Waals surface area contributed by atoms with Gasteiger partial charge in [0, 0.05) is 17.5 Å². The predicted octanol–water partition coefficient (Wildman–Crippen LogP) is 1.42. The Morgan fingerprint density at radius 3 is 2.78 bits per heavy atom. The second-order valence-corrected chi connectivity index (χ2v) is 1.88. The first-order valence-corrected chi connectivity index (χ1v) is 3.09. The summed E-state index contributed by atoms with van der Waals surface area (Å²) in [6.07, 6.45) is 1.90. The van der Waals surface area contributed by atoms with E-state index in [0.29, 0.717) is 6.54 Å². The predicted molar refractivity (Wildman–Crippen MR) is 36.9 cm³/mol. The van der Waals surface area contributed by atoms with E-state index in [4.69, 9.17) is 11.3 Å². The van der Waals surface area contributed by atoms with Crippen LogP contribution in [0.2, 0.25) is 0 Å². The molecule has 2 N–H and O–H groups in total. The van der Waals surface area contributed by atoms with Crippen molar-refractivity contribution in [1.82, 2.24) is 0 Å². The van der Waals surface area contributed by atoms with E-state index in [1.165, 1.54) is 0 Å². The molecular weight excluding hydrogens is 116 g/mol. The van der Waals surface area contributed by atoms with Gasteiger partial charge < -0.3 is 5.73 Å². The van der Waals surface area contributed by atoms with Gasteiger partial charge in [0.05, 0.1) is 0 Å². The van der Waals surface area contributed by atoms with E-state index in [2.05, 4.69) is 10.0 Å². The Morgan fingerprint density at radius 1 is 1.78 bits per heavy atom. The molecule has 0 aliphatic rings. The van der Waals surface area contributed by atoms with Crippen LogP contribution in [0.4, 0.5) is 0 Å². The number of nitrogens with two attached hydrogens (primary N) is 1. The zero-order chi connectivity index (χ0) is 7.11. The Balaban J connectivity index is 3.53. The van der Waals surface area contributed by atoms with Gasteiger partial charge >= 0.3 is 0 Å². The van der Waals surface area contributed by atoms with Crippen molar-refractivity contribution < 1.29 is 0 Å². The molecule has 0 aromatic heterocycles. The maximum absolute atomic E-state index is 8.00. The van der Waals surface area contributed by atoms with Crippen molar-refractivity contribution in [1.29, 1.82) is 0 Å². The van der Waals surface area contributed by atoms with Gasteiger partial charge in [-0.25, -0.2) is 0 Å². The third kappa shape index (κ3) is 3.82. The third-order valence-electron chi connectivity index (χ3n) is 1.11. The maximum Gasteiger partial charge on any atom is 0.0496 e. The van der Waals surface area contributed by atoms with Gasteiger partial charge in [0.25, 0.3) is 0 Å². The molecule has 0 rings (SSSR count). The molecule has 0 amide bonds.